The number of nitrogens with one attached hydrogen (secondary N) is 1. The van der Waals surface area contributed by atoms with Gasteiger partial charge < -0.3 is 11.1 Å². The standard InChI is InChI=1S/C17H18N4/c1-3-5-7-14(8-6-4-2)21-17-15-11-13(18)9-10-16(15)19-12-20-17/h3-12H,1,18H2,2H3,(H,19,20,21)/b6-4-,7-5-,14-8+. The van der Waals surface area contributed by atoms with Gasteiger partial charge in [-0.2, -0.15) is 0 Å². The van der Waals surface area contributed by atoms with Gasteiger partial charge in [-0.1, -0.05) is 30.9 Å². The van der Waals surface area contributed by atoms with Crippen molar-refractivity contribution in [3.8, 4) is 0 Å². The fraction of sp³-hybridized carbons (Fsp3) is 0.0588. The van der Waals surface area contributed by atoms with Crippen molar-refractivity contribution in [1.29, 1.82) is 0 Å². The van der Waals surface area contributed by atoms with E-state index in [0.717, 1.165) is 22.4 Å². The highest BCUT2D eigenvalue weighted by Gasteiger charge is 2.04. The quantitative estimate of drug-likeness (QED) is 0.644. The topological polar surface area (TPSA) is 63.8 Å². The summed E-state index contributed by atoms with van der Waals surface area (Å²) in [5.74, 6) is 0.719. The molecule has 1 aromatic heterocycles. The summed E-state index contributed by atoms with van der Waals surface area (Å²) in [6.07, 6.45) is 12.9. The summed E-state index contributed by atoms with van der Waals surface area (Å²) in [4.78, 5) is 8.54. The van der Waals surface area contributed by atoms with Crippen LogP contribution in [0.3, 0.4) is 0 Å². The Kier molecular flexibility index (Phi) is 4.88. The molecule has 0 aliphatic rings. The molecule has 2 aromatic rings. The van der Waals surface area contributed by atoms with E-state index in [0.29, 0.717) is 5.69 Å². The van der Waals surface area contributed by atoms with Crippen molar-refractivity contribution < 1.29 is 0 Å². The minimum atomic E-state index is 0.681. The van der Waals surface area contributed by atoms with Crippen LogP contribution in [-0.4, -0.2) is 9.97 Å². The van der Waals surface area contributed by atoms with Crippen LogP contribution in [0, 0.1) is 0 Å². The minimum absolute atomic E-state index is 0.681. The molecule has 0 radical (unpaired) electrons. The van der Waals surface area contributed by atoms with Crippen molar-refractivity contribution >= 4 is 22.4 Å². The van der Waals surface area contributed by atoms with Gasteiger partial charge in [-0.15, -0.1) is 0 Å². The highest BCUT2D eigenvalue weighted by Crippen LogP contribution is 2.22. The maximum Gasteiger partial charge on any atom is 0.141 e. The summed E-state index contributed by atoms with van der Waals surface area (Å²) < 4.78 is 0. The van der Waals surface area contributed by atoms with Gasteiger partial charge in [-0.3, -0.25) is 0 Å². The summed E-state index contributed by atoms with van der Waals surface area (Å²) in [5, 5.41) is 4.17. The van der Waals surface area contributed by atoms with Crippen molar-refractivity contribution in [1.82, 2.24) is 9.97 Å². The van der Waals surface area contributed by atoms with Crippen LogP contribution < -0.4 is 11.1 Å². The Balaban J connectivity index is 2.43. The van der Waals surface area contributed by atoms with E-state index in [1.807, 2.05) is 55.5 Å². The number of rotatable bonds is 5. The zero-order valence-electron chi connectivity index (χ0n) is 12.0. The van der Waals surface area contributed by atoms with Crippen LogP contribution in [-0.2, 0) is 0 Å². The molecule has 1 aromatic carbocycles. The van der Waals surface area contributed by atoms with Crippen molar-refractivity contribution in [2.45, 2.75) is 6.92 Å². The molecule has 3 N–H and O–H groups in total. The molecule has 2 rings (SSSR count). The Labute approximate surface area is 124 Å². The van der Waals surface area contributed by atoms with Crippen molar-refractivity contribution in [2.24, 2.45) is 0 Å². The summed E-state index contributed by atoms with van der Waals surface area (Å²) in [7, 11) is 0. The second-order valence-corrected chi connectivity index (χ2v) is 4.37. The molecule has 0 bridgehead atoms. The van der Waals surface area contributed by atoms with Crippen molar-refractivity contribution in [3.05, 3.63) is 73.3 Å². The van der Waals surface area contributed by atoms with Gasteiger partial charge in [0.15, 0.2) is 0 Å². The lowest BCUT2D eigenvalue weighted by Gasteiger charge is -2.09. The number of benzene rings is 1. The predicted molar refractivity (Wildman–Crippen MR) is 89.8 cm³/mol. The normalized spacial score (nSPS) is 12.3. The Hall–Kier alpha value is -2.88. The molecule has 21 heavy (non-hydrogen) atoms. The number of fused-ring (bicyclic) bond motifs is 1. The van der Waals surface area contributed by atoms with Crippen LogP contribution in [0.15, 0.2) is 73.3 Å². The number of nitrogen functional groups attached to an aromatic ring is 1. The zero-order valence-corrected chi connectivity index (χ0v) is 12.0. The van der Waals surface area contributed by atoms with Gasteiger partial charge in [0.05, 0.1) is 5.52 Å². The Bertz CT molecular complexity index is 727. The summed E-state index contributed by atoms with van der Waals surface area (Å²) in [5.41, 5.74) is 8.27. The molecule has 0 saturated heterocycles. The minimum Gasteiger partial charge on any atom is -0.399 e. The first-order chi connectivity index (χ1) is 10.2. The van der Waals surface area contributed by atoms with E-state index in [1.54, 1.807) is 6.08 Å². The van der Waals surface area contributed by atoms with Gasteiger partial charge in [0.1, 0.15) is 12.1 Å². The number of aromatic nitrogens is 2. The second kappa shape index (κ2) is 7.05. The lowest BCUT2D eigenvalue weighted by atomic mass is 10.2. The van der Waals surface area contributed by atoms with Gasteiger partial charge in [-0.25, -0.2) is 9.97 Å². The number of hydrogen-bond donors (Lipinski definition) is 2. The van der Waals surface area contributed by atoms with Crippen LogP contribution in [0.2, 0.25) is 0 Å². The molecule has 0 saturated carbocycles. The first-order valence-electron chi connectivity index (χ1n) is 6.64. The van der Waals surface area contributed by atoms with Gasteiger partial charge in [0.2, 0.25) is 0 Å². The lowest BCUT2D eigenvalue weighted by molar-refractivity contribution is 1.21. The van der Waals surface area contributed by atoms with E-state index < -0.39 is 0 Å². The summed E-state index contributed by atoms with van der Waals surface area (Å²) >= 11 is 0. The summed E-state index contributed by atoms with van der Waals surface area (Å²) in [6, 6.07) is 5.57. The molecule has 106 valence electrons. The van der Waals surface area contributed by atoms with Crippen LogP contribution in [0.1, 0.15) is 6.92 Å². The Morgan fingerprint density at radius 2 is 2.14 bits per heavy atom. The van der Waals surface area contributed by atoms with Crippen LogP contribution in [0.5, 0.6) is 0 Å². The van der Waals surface area contributed by atoms with Gasteiger partial charge in [0.25, 0.3) is 0 Å². The number of nitrogens with two attached hydrogens (primary N) is 1. The molecule has 0 fully saturated rings. The highest BCUT2D eigenvalue weighted by molar-refractivity contribution is 5.91. The molecule has 4 heteroatoms. The Morgan fingerprint density at radius 3 is 2.90 bits per heavy atom. The molecular formula is C17H18N4. The Morgan fingerprint density at radius 1 is 1.29 bits per heavy atom. The van der Waals surface area contributed by atoms with Crippen LogP contribution >= 0.6 is 0 Å². The molecule has 0 spiro atoms. The highest BCUT2D eigenvalue weighted by atomic mass is 15.0. The summed E-state index contributed by atoms with van der Waals surface area (Å²) in [6.45, 7) is 5.64. The largest absolute Gasteiger partial charge is 0.399 e. The lowest BCUT2D eigenvalue weighted by Crippen LogP contribution is -2.01. The van der Waals surface area contributed by atoms with E-state index in [4.69, 9.17) is 5.73 Å². The average molecular weight is 278 g/mol. The molecule has 0 amide bonds. The molecular weight excluding hydrogens is 260 g/mol. The SMILES string of the molecule is C=C\C=C/C(=C\C=C/C)Nc1ncnc2ccc(N)cc12. The van der Waals surface area contributed by atoms with E-state index >= 15 is 0 Å². The molecule has 0 unspecified atom stereocenters. The van der Waals surface area contributed by atoms with Crippen molar-refractivity contribution in [3.63, 3.8) is 0 Å². The number of nitrogens with zero attached hydrogens (tertiary/aromatic N) is 2. The third-order valence-electron chi connectivity index (χ3n) is 2.80. The first kappa shape index (κ1) is 14.5. The predicted octanol–water partition coefficient (Wildman–Crippen LogP) is 3.83. The third kappa shape index (κ3) is 3.79. The van der Waals surface area contributed by atoms with Crippen LogP contribution in [0.25, 0.3) is 10.9 Å². The van der Waals surface area contributed by atoms with E-state index in [-0.39, 0.29) is 0 Å². The maximum atomic E-state index is 5.85. The monoisotopic (exact) mass is 278 g/mol. The van der Waals surface area contributed by atoms with E-state index in [2.05, 4.69) is 21.9 Å². The van der Waals surface area contributed by atoms with E-state index in [9.17, 15) is 0 Å². The fourth-order valence-electron chi connectivity index (χ4n) is 1.82. The van der Waals surface area contributed by atoms with Gasteiger partial charge in [-0.05, 0) is 37.3 Å². The molecule has 1 heterocycles. The molecule has 0 aliphatic carbocycles. The smallest absolute Gasteiger partial charge is 0.141 e. The second-order valence-electron chi connectivity index (χ2n) is 4.37. The maximum absolute atomic E-state index is 5.85. The number of anilines is 2. The first-order valence-corrected chi connectivity index (χ1v) is 6.64. The fourth-order valence-corrected chi connectivity index (χ4v) is 1.82. The van der Waals surface area contributed by atoms with Gasteiger partial charge >= 0.3 is 0 Å². The van der Waals surface area contributed by atoms with E-state index in [1.165, 1.54) is 6.33 Å². The molecule has 0 aliphatic heterocycles. The number of allylic oxidation sites excluding steroid dienone is 6. The van der Waals surface area contributed by atoms with Crippen LogP contribution in [0.4, 0.5) is 11.5 Å². The molecule has 4 nitrogen and oxygen atoms in total. The molecule has 0 atom stereocenters. The van der Waals surface area contributed by atoms with Gasteiger partial charge in [0, 0.05) is 16.8 Å². The number of hydrogen-bond acceptors (Lipinski definition) is 4. The zero-order chi connectivity index (χ0) is 15.1. The van der Waals surface area contributed by atoms with Crippen molar-refractivity contribution in [2.75, 3.05) is 11.1 Å². The third-order valence-corrected chi connectivity index (χ3v) is 2.80. The average Bonchev–Trinajstić information content (AvgIpc) is 2.50.